The Hall–Kier alpha value is -2.80. The largest absolute Gasteiger partial charge is 0.461 e. The molecule has 7 nitrogen and oxygen atoms in total. The van der Waals surface area contributed by atoms with Gasteiger partial charge in [0, 0.05) is 30.9 Å². The molecule has 0 spiro atoms. The van der Waals surface area contributed by atoms with Crippen LogP contribution in [0.25, 0.3) is 0 Å². The molecule has 184 valence electrons. The number of aliphatic hydroxyl groups is 1. The predicted octanol–water partition coefficient (Wildman–Crippen LogP) is 3.75. The number of allylic oxidation sites excluding steroid dienone is 1. The summed E-state index contributed by atoms with van der Waals surface area (Å²) < 4.78 is 5.41. The number of benzene rings is 1. The molecule has 7 heteroatoms. The van der Waals surface area contributed by atoms with Crippen molar-refractivity contribution in [3.63, 3.8) is 0 Å². The maximum absolute atomic E-state index is 13.3. The third kappa shape index (κ3) is 7.62. The van der Waals surface area contributed by atoms with Crippen LogP contribution in [0.1, 0.15) is 64.4 Å². The standard InChI is InChI=1S/C27H36N2O5/c1-18(2)14-21(16-25(31)34-17-19-8-4-3-5-9-19)27(33)29-23(15-20-10-6-12-24(20)30)26(32)22-11-7-13-28-22/h3-5,7-9,13,18,20-21,23,26,32H,6,10-12,14-17H2,1-2H3,(H,29,33)/t20?,21-,23+,26?/m1/s1. The molecule has 0 aromatic heterocycles. The van der Waals surface area contributed by atoms with Gasteiger partial charge in [-0.2, -0.15) is 0 Å². The van der Waals surface area contributed by atoms with Crippen molar-refractivity contribution in [2.24, 2.45) is 22.7 Å². The van der Waals surface area contributed by atoms with Crippen LogP contribution in [0, 0.1) is 17.8 Å². The molecule has 34 heavy (non-hydrogen) atoms. The molecular formula is C27H36N2O5. The van der Waals surface area contributed by atoms with Gasteiger partial charge in [-0.1, -0.05) is 50.3 Å². The van der Waals surface area contributed by atoms with Gasteiger partial charge in [-0.3, -0.25) is 19.4 Å². The van der Waals surface area contributed by atoms with Crippen molar-refractivity contribution in [2.75, 3.05) is 0 Å². The Kier molecular flexibility index (Phi) is 9.57. The number of esters is 1. The summed E-state index contributed by atoms with van der Waals surface area (Å²) in [7, 11) is 0. The zero-order chi connectivity index (χ0) is 24.5. The second kappa shape index (κ2) is 12.6. The molecule has 1 aliphatic carbocycles. The second-order valence-electron chi connectivity index (χ2n) is 9.74. The predicted molar refractivity (Wildman–Crippen MR) is 130 cm³/mol. The zero-order valence-corrected chi connectivity index (χ0v) is 20.1. The maximum atomic E-state index is 13.3. The van der Waals surface area contributed by atoms with Gasteiger partial charge in [-0.15, -0.1) is 0 Å². The van der Waals surface area contributed by atoms with Gasteiger partial charge in [0.1, 0.15) is 18.5 Å². The van der Waals surface area contributed by atoms with Crippen LogP contribution in [-0.4, -0.2) is 40.6 Å². The molecule has 0 bridgehead atoms. The van der Waals surface area contributed by atoms with E-state index in [1.54, 1.807) is 6.20 Å². The van der Waals surface area contributed by atoms with Crippen molar-refractivity contribution in [1.82, 2.24) is 5.32 Å². The molecule has 2 aliphatic rings. The lowest BCUT2D eigenvalue weighted by atomic mass is 9.89. The van der Waals surface area contributed by atoms with Crippen LogP contribution in [0.15, 0.2) is 47.6 Å². The first-order chi connectivity index (χ1) is 16.3. The first kappa shape index (κ1) is 25.8. The number of rotatable bonds is 12. The summed E-state index contributed by atoms with van der Waals surface area (Å²) in [6.07, 6.45) is 6.04. The highest BCUT2D eigenvalue weighted by Crippen LogP contribution is 2.28. The highest BCUT2D eigenvalue weighted by atomic mass is 16.5. The fourth-order valence-electron chi connectivity index (χ4n) is 4.67. The lowest BCUT2D eigenvalue weighted by Crippen LogP contribution is -2.50. The second-order valence-corrected chi connectivity index (χ2v) is 9.74. The average molecular weight is 469 g/mol. The highest BCUT2D eigenvalue weighted by Gasteiger charge is 2.35. The van der Waals surface area contributed by atoms with Crippen LogP contribution in [0.3, 0.4) is 0 Å². The fraction of sp³-hybridized carbons (Fsp3) is 0.556. The van der Waals surface area contributed by atoms with Crippen molar-refractivity contribution >= 4 is 23.4 Å². The zero-order valence-electron chi connectivity index (χ0n) is 20.1. The Morgan fingerprint density at radius 2 is 2.00 bits per heavy atom. The number of aliphatic hydroxyl groups excluding tert-OH is 1. The van der Waals surface area contributed by atoms with Crippen molar-refractivity contribution in [3.8, 4) is 0 Å². The molecule has 1 aliphatic heterocycles. The Morgan fingerprint density at radius 3 is 2.62 bits per heavy atom. The summed E-state index contributed by atoms with van der Waals surface area (Å²) in [5.74, 6) is -1.11. The molecule has 1 heterocycles. The molecule has 2 unspecified atom stereocenters. The number of hydrogen-bond donors (Lipinski definition) is 2. The fourth-order valence-corrected chi connectivity index (χ4v) is 4.67. The Labute approximate surface area is 201 Å². The van der Waals surface area contributed by atoms with Crippen molar-refractivity contribution < 1.29 is 24.2 Å². The summed E-state index contributed by atoms with van der Waals surface area (Å²) in [4.78, 5) is 42.3. The molecule has 3 rings (SSSR count). The molecule has 4 atom stereocenters. The monoisotopic (exact) mass is 468 g/mol. The molecule has 1 fully saturated rings. The third-order valence-electron chi connectivity index (χ3n) is 6.47. The molecule has 1 aromatic rings. The number of hydrogen-bond acceptors (Lipinski definition) is 6. The van der Waals surface area contributed by atoms with Gasteiger partial charge >= 0.3 is 5.97 Å². The average Bonchev–Trinajstić information content (AvgIpc) is 3.49. The van der Waals surface area contributed by atoms with E-state index in [0.29, 0.717) is 31.4 Å². The number of aliphatic imine (C=N–C) groups is 1. The summed E-state index contributed by atoms with van der Waals surface area (Å²) in [5.41, 5.74) is 1.47. The van der Waals surface area contributed by atoms with Crippen LogP contribution in [0.4, 0.5) is 0 Å². The van der Waals surface area contributed by atoms with Crippen molar-refractivity contribution in [3.05, 3.63) is 48.2 Å². The summed E-state index contributed by atoms with van der Waals surface area (Å²) in [6.45, 7) is 4.16. The molecular weight excluding hydrogens is 432 g/mol. The van der Waals surface area contributed by atoms with Gasteiger partial charge in [0.05, 0.1) is 18.2 Å². The highest BCUT2D eigenvalue weighted by molar-refractivity contribution is 5.93. The number of Topliss-reactive ketones (excluding diaryl/α,β-unsaturated/α-hetero) is 1. The van der Waals surface area contributed by atoms with Crippen LogP contribution < -0.4 is 5.32 Å². The minimum atomic E-state index is -0.975. The van der Waals surface area contributed by atoms with Crippen molar-refractivity contribution in [1.29, 1.82) is 0 Å². The van der Waals surface area contributed by atoms with Gasteiger partial charge in [0.25, 0.3) is 0 Å². The van der Waals surface area contributed by atoms with E-state index in [2.05, 4.69) is 10.3 Å². The van der Waals surface area contributed by atoms with Gasteiger partial charge in [-0.05, 0) is 37.2 Å². The minimum absolute atomic E-state index is 0.0372. The van der Waals surface area contributed by atoms with Gasteiger partial charge < -0.3 is 15.2 Å². The molecule has 0 saturated heterocycles. The molecule has 0 radical (unpaired) electrons. The van der Waals surface area contributed by atoms with E-state index in [9.17, 15) is 19.5 Å². The number of amides is 1. The van der Waals surface area contributed by atoms with E-state index in [0.717, 1.165) is 18.4 Å². The van der Waals surface area contributed by atoms with Crippen LogP contribution >= 0.6 is 0 Å². The smallest absolute Gasteiger partial charge is 0.306 e. The molecule has 1 saturated carbocycles. The van der Waals surface area contributed by atoms with E-state index in [-0.39, 0.29) is 36.6 Å². The Balaban J connectivity index is 1.65. The van der Waals surface area contributed by atoms with Crippen LogP contribution in [0.5, 0.6) is 0 Å². The van der Waals surface area contributed by atoms with E-state index in [4.69, 9.17) is 4.74 Å². The summed E-state index contributed by atoms with van der Waals surface area (Å²) in [5, 5.41) is 13.9. The van der Waals surface area contributed by atoms with E-state index < -0.39 is 24.0 Å². The first-order valence-electron chi connectivity index (χ1n) is 12.3. The Bertz CT molecular complexity index is 909. The number of nitrogens with one attached hydrogen (secondary N) is 1. The van der Waals surface area contributed by atoms with E-state index in [1.807, 2.05) is 50.3 Å². The van der Waals surface area contributed by atoms with E-state index >= 15 is 0 Å². The lowest BCUT2D eigenvalue weighted by Gasteiger charge is -2.28. The van der Waals surface area contributed by atoms with Crippen LogP contribution in [0.2, 0.25) is 0 Å². The first-order valence-corrected chi connectivity index (χ1v) is 12.3. The van der Waals surface area contributed by atoms with Gasteiger partial charge in [0.2, 0.25) is 5.91 Å². The van der Waals surface area contributed by atoms with Gasteiger partial charge in [-0.25, -0.2) is 0 Å². The number of carbonyl (C=O) groups excluding carboxylic acids is 3. The molecule has 1 amide bonds. The third-order valence-corrected chi connectivity index (χ3v) is 6.47. The number of carbonyl (C=O) groups is 3. The van der Waals surface area contributed by atoms with Gasteiger partial charge in [0.15, 0.2) is 0 Å². The lowest BCUT2D eigenvalue weighted by molar-refractivity contribution is -0.148. The van der Waals surface area contributed by atoms with Crippen LogP contribution in [-0.2, 0) is 25.7 Å². The van der Waals surface area contributed by atoms with E-state index in [1.165, 1.54) is 0 Å². The number of nitrogens with zero attached hydrogens (tertiary/aromatic N) is 1. The normalized spacial score (nSPS) is 20.2. The molecule has 2 N–H and O–H groups in total. The van der Waals surface area contributed by atoms with Crippen molar-refractivity contribution in [2.45, 2.75) is 77.5 Å². The number of ketones is 1. The summed E-state index contributed by atoms with van der Waals surface area (Å²) >= 11 is 0. The Morgan fingerprint density at radius 1 is 1.24 bits per heavy atom. The summed E-state index contributed by atoms with van der Waals surface area (Å²) in [6, 6.07) is 8.77. The quantitative estimate of drug-likeness (QED) is 0.455. The SMILES string of the molecule is CC(C)C[C@H](CC(=O)OCc1ccccc1)C(=O)N[C@@H](CC1CCCC1=O)C(O)C1=NC=CC1. The molecule has 1 aromatic carbocycles. The number of ether oxygens (including phenoxy) is 1. The maximum Gasteiger partial charge on any atom is 0.306 e. The minimum Gasteiger partial charge on any atom is -0.461 e. The topological polar surface area (TPSA) is 105 Å².